The Kier molecular flexibility index (Phi) is 10.9. The van der Waals surface area contributed by atoms with Crippen LogP contribution in [0.3, 0.4) is 0 Å². The molecule has 12 heavy (non-hydrogen) atoms. The third kappa shape index (κ3) is 7.64. The molecule has 0 rings (SSSR count). The third-order valence-corrected chi connectivity index (χ3v) is 5.15. The molecule has 0 amide bonds. The van der Waals surface area contributed by atoms with E-state index >= 15 is 0 Å². The van der Waals surface area contributed by atoms with E-state index in [9.17, 15) is 0 Å². The molecular weight excluding hydrogens is 256 g/mol. The molecule has 0 aromatic heterocycles. The molecule has 0 heterocycles. The van der Waals surface area contributed by atoms with Crippen LogP contribution in [0.25, 0.3) is 0 Å². The fourth-order valence-electron chi connectivity index (χ4n) is 1.26. The van der Waals surface area contributed by atoms with Crippen molar-refractivity contribution in [2.75, 3.05) is 0 Å². The van der Waals surface area contributed by atoms with Gasteiger partial charge in [-0.25, -0.2) is 0 Å². The molecule has 0 radical (unpaired) electrons. The van der Waals surface area contributed by atoms with Crippen molar-refractivity contribution in [3.05, 3.63) is 0 Å². The SMILES string of the molecule is CCCCCCC[CH](CC)[Fe][Br]. The minimum absolute atomic E-state index is 0.923. The monoisotopic (exact) mass is 276 g/mol. The summed E-state index contributed by atoms with van der Waals surface area (Å²) in [5.74, 6) is 0. The van der Waals surface area contributed by atoms with Crippen molar-refractivity contribution in [3.63, 3.8) is 0 Å². The van der Waals surface area contributed by atoms with E-state index in [0.717, 1.165) is 4.82 Å². The maximum atomic E-state index is 3.56. The average molecular weight is 277 g/mol. The maximum absolute atomic E-state index is 3.56. The van der Waals surface area contributed by atoms with Gasteiger partial charge >= 0.3 is 90.9 Å². The Morgan fingerprint density at radius 2 is 1.75 bits per heavy atom. The Labute approximate surface area is 90.7 Å². The molecule has 0 spiro atoms. The second-order valence-corrected chi connectivity index (χ2v) is 5.74. The van der Waals surface area contributed by atoms with Crippen molar-refractivity contribution < 1.29 is 13.1 Å². The summed E-state index contributed by atoms with van der Waals surface area (Å²) in [6.07, 6.45) is 9.85. The molecule has 76 valence electrons. The van der Waals surface area contributed by atoms with Gasteiger partial charge in [0.1, 0.15) is 0 Å². The molecular formula is C10H21BrFe. The number of halogens is 1. The van der Waals surface area contributed by atoms with Crippen molar-refractivity contribution >= 4 is 14.1 Å². The van der Waals surface area contributed by atoms with Crippen LogP contribution in [0.15, 0.2) is 0 Å². The number of rotatable bonds is 8. The average Bonchev–Trinajstić information content (AvgIpc) is 2.11. The summed E-state index contributed by atoms with van der Waals surface area (Å²) in [4.78, 5) is 0.923. The van der Waals surface area contributed by atoms with Gasteiger partial charge < -0.3 is 0 Å². The first-order valence-electron chi connectivity index (χ1n) is 5.07. The Morgan fingerprint density at radius 1 is 1.08 bits per heavy atom. The van der Waals surface area contributed by atoms with E-state index in [1.54, 1.807) is 0 Å². The van der Waals surface area contributed by atoms with Crippen LogP contribution in [0, 0.1) is 0 Å². The van der Waals surface area contributed by atoms with E-state index in [1.807, 2.05) is 0 Å². The number of unbranched alkanes of at least 4 members (excludes halogenated alkanes) is 4. The first-order valence-corrected chi connectivity index (χ1v) is 8.44. The van der Waals surface area contributed by atoms with Gasteiger partial charge in [-0.2, -0.15) is 0 Å². The van der Waals surface area contributed by atoms with Crippen LogP contribution < -0.4 is 0 Å². The first kappa shape index (κ1) is 13.0. The van der Waals surface area contributed by atoms with Gasteiger partial charge in [-0.3, -0.25) is 0 Å². The summed E-state index contributed by atoms with van der Waals surface area (Å²) < 4.78 is 0. The van der Waals surface area contributed by atoms with Crippen molar-refractivity contribution in [1.82, 2.24) is 0 Å². The summed E-state index contributed by atoms with van der Waals surface area (Å²) >= 11 is 4.75. The Bertz CT molecular complexity index is 81.9. The molecule has 0 aliphatic heterocycles. The van der Waals surface area contributed by atoms with E-state index < -0.39 is 0 Å². The summed E-state index contributed by atoms with van der Waals surface area (Å²) in [5, 5.41) is 0. The second-order valence-electron chi connectivity index (χ2n) is 3.27. The van der Waals surface area contributed by atoms with Gasteiger partial charge in [0.05, 0.1) is 0 Å². The van der Waals surface area contributed by atoms with E-state index in [2.05, 4.69) is 28.0 Å². The molecule has 1 unspecified atom stereocenters. The molecule has 0 saturated carbocycles. The van der Waals surface area contributed by atoms with Crippen LogP contribution in [0.1, 0.15) is 58.8 Å². The van der Waals surface area contributed by atoms with E-state index in [4.69, 9.17) is 0 Å². The third-order valence-electron chi connectivity index (χ3n) is 2.16. The molecule has 0 fully saturated rings. The van der Waals surface area contributed by atoms with E-state index in [0.29, 0.717) is 0 Å². The molecule has 0 aromatic carbocycles. The van der Waals surface area contributed by atoms with Gasteiger partial charge in [0.25, 0.3) is 0 Å². The minimum atomic E-state index is 0.923. The summed E-state index contributed by atoms with van der Waals surface area (Å²) in [7, 11) is 0. The Balaban J connectivity index is 3.06. The fraction of sp³-hybridized carbons (Fsp3) is 1.00. The predicted octanol–water partition coefficient (Wildman–Crippen LogP) is 4.94. The van der Waals surface area contributed by atoms with Gasteiger partial charge in [-0.1, -0.05) is 0 Å². The molecule has 0 saturated heterocycles. The molecule has 0 aliphatic carbocycles. The van der Waals surface area contributed by atoms with Gasteiger partial charge in [0.2, 0.25) is 0 Å². The molecule has 2 heteroatoms. The van der Waals surface area contributed by atoms with Gasteiger partial charge in [0, 0.05) is 0 Å². The van der Waals surface area contributed by atoms with Crippen molar-refractivity contribution in [1.29, 1.82) is 0 Å². The Morgan fingerprint density at radius 3 is 2.25 bits per heavy atom. The van der Waals surface area contributed by atoms with Crippen LogP contribution in [0.4, 0.5) is 0 Å². The summed E-state index contributed by atoms with van der Waals surface area (Å²) in [6, 6.07) is 0. The normalized spacial score (nSPS) is 13.6. The predicted molar refractivity (Wildman–Crippen MR) is 56.3 cm³/mol. The summed E-state index contributed by atoms with van der Waals surface area (Å²) in [6.45, 7) is 4.56. The molecule has 0 aromatic rings. The Hall–Kier alpha value is 0.999. The number of hydrogen-bond donors (Lipinski definition) is 0. The van der Waals surface area contributed by atoms with E-state index in [1.165, 1.54) is 58.1 Å². The zero-order valence-corrected chi connectivity index (χ0v) is 10.9. The topological polar surface area (TPSA) is 0 Å². The van der Waals surface area contributed by atoms with Crippen molar-refractivity contribution in [2.24, 2.45) is 0 Å². The summed E-state index contributed by atoms with van der Waals surface area (Å²) in [5.41, 5.74) is 0. The van der Waals surface area contributed by atoms with Crippen molar-refractivity contribution in [2.45, 2.75) is 63.6 Å². The molecule has 1 atom stereocenters. The van der Waals surface area contributed by atoms with E-state index in [-0.39, 0.29) is 0 Å². The van der Waals surface area contributed by atoms with Crippen LogP contribution in [0.5, 0.6) is 0 Å². The van der Waals surface area contributed by atoms with Gasteiger partial charge in [0.15, 0.2) is 0 Å². The standard InChI is InChI=1S/C10H21.BrH.Fe/c1-3-5-7-9-10-8-6-4-2;;/h5H,3-4,6-10H2,1-2H3;1H;/q;;+1/p-1. The van der Waals surface area contributed by atoms with Crippen LogP contribution in [0.2, 0.25) is 4.82 Å². The molecule has 0 N–H and O–H groups in total. The van der Waals surface area contributed by atoms with Gasteiger partial charge in [-0.05, 0) is 0 Å². The molecule has 0 nitrogen and oxygen atoms in total. The molecule has 0 bridgehead atoms. The van der Waals surface area contributed by atoms with Crippen LogP contribution >= 0.6 is 14.1 Å². The van der Waals surface area contributed by atoms with Gasteiger partial charge in [-0.15, -0.1) is 0 Å². The zero-order chi connectivity index (χ0) is 9.23. The second kappa shape index (κ2) is 10.1. The van der Waals surface area contributed by atoms with Crippen molar-refractivity contribution in [3.8, 4) is 0 Å². The van der Waals surface area contributed by atoms with Crippen LogP contribution in [-0.4, -0.2) is 0 Å². The molecule has 0 aliphatic rings. The number of hydrogen-bond acceptors (Lipinski definition) is 0. The first-order chi connectivity index (χ1) is 5.85. The quantitative estimate of drug-likeness (QED) is 0.435. The zero-order valence-electron chi connectivity index (χ0n) is 8.26. The van der Waals surface area contributed by atoms with Crippen LogP contribution in [-0.2, 0) is 13.1 Å². The fourth-order valence-corrected chi connectivity index (χ4v) is 3.39.